The van der Waals surface area contributed by atoms with Crippen LogP contribution < -0.4 is 3.58 Å². The third-order valence-electron chi connectivity index (χ3n) is 10.4. The molecule has 1 nitrogen and oxygen atoms in total. The second-order valence-electron chi connectivity index (χ2n) is 15.0. The average molecular weight is 1270 g/mol. The molecule has 0 radical (unpaired) electrons. The maximum absolute atomic E-state index is 15.1. The van der Waals surface area contributed by atoms with Gasteiger partial charge in [0, 0.05) is 0 Å². The van der Waals surface area contributed by atoms with Crippen molar-refractivity contribution in [2.75, 3.05) is 0 Å². The monoisotopic (exact) mass is 1270 g/mol. The van der Waals surface area contributed by atoms with Crippen molar-refractivity contribution in [1.82, 2.24) is 0 Å². The quantitative estimate of drug-likeness (QED) is 0.0606. The van der Waals surface area contributed by atoms with Gasteiger partial charge in [0.15, 0.2) is 0 Å². The fourth-order valence-corrected chi connectivity index (χ4v) is 19.8. The SMILES string of the molecule is O=Cc1ccc[c]([Sn]([CH2]CC(F)(F)C(F)(F)C(F)(F)C(F)(F)C(F)(F)C(F)(F)F)([CH2]CC(F)(F)C(F)(F)C(F)(F)C(F)(F)C(F)(F)C(F)(F)F)[CH2]CC(F)(F)C(F)(F)C(F)(F)C(F)(F)C(F)(F)C(F)(F)F)c1. The van der Waals surface area contributed by atoms with E-state index in [4.69, 9.17) is 0 Å². The average Bonchev–Trinajstić information content (AvgIpc) is 3.18. The predicted octanol–water partition coefficient (Wildman–Crippen LogP) is 15.5. The van der Waals surface area contributed by atoms with Crippen molar-refractivity contribution in [2.45, 2.75) is 140 Å². The molecule has 0 saturated carbocycles. The van der Waals surface area contributed by atoms with Gasteiger partial charge in [0.25, 0.3) is 0 Å². The Morgan fingerprint density at radius 3 is 0.708 bits per heavy atom. The van der Waals surface area contributed by atoms with Crippen LogP contribution in [-0.4, -0.2) is 132 Å². The minimum atomic E-state index is -8.91. The summed E-state index contributed by atoms with van der Waals surface area (Å²) in [6, 6.07) is -0.416. The molecule has 0 spiro atoms. The number of benzene rings is 1. The standard InChI is InChI=1S/3C8H4F13.C7H5O.Sn/c3*1-2-3(9,10)4(11,12)5(13,14)6(15,16)7(17,18)8(19,20)21;8-6-7-4-2-1-3-5-7;/h3*1-2H2;1-2,4-6H;. The van der Waals surface area contributed by atoms with Gasteiger partial charge >= 0.3 is 374 Å². The molecule has 0 aliphatic carbocycles. The van der Waals surface area contributed by atoms with Crippen molar-refractivity contribution in [3.05, 3.63) is 29.8 Å². The van der Waals surface area contributed by atoms with Gasteiger partial charge in [-0.3, -0.25) is 0 Å². The molecule has 0 saturated heterocycles. The number of carbonyl (C=O) groups is 1. The summed E-state index contributed by atoms with van der Waals surface area (Å²) in [6.07, 6.45) is -37.5. The van der Waals surface area contributed by atoms with E-state index >= 15 is 26.3 Å². The number of carbonyl (C=O) groups excluding carboxylic acids is 1. The van der Waals surface area contributed by atoms with Crippen LogP contribution >= 0.6 is 0 Å². The van der Waals surface area contributed by atoms with Crippen LogP contribution in [0.2, 0.25) is 13.3 Å². The van der Waals surface area contributed by atoms with Crippen LogP contribution in [0.25, 0.3) is 0 Å². The Morgan fingerprint density at radius 1 is 0.306 bits per heavy atom. The predicted molar refractivity (Wildman–Crippen MR) is 158 cm³/mol. The number of alkyl halides is 39. The van der Waals surface area contributed by atoms with Crippen LogP contribution in [0.3, 0.4) is 0 Å². The Hall–Kier alpha value is -3.04. The summed E-state index contributed by atoms with van der Waals surface area (Å²) >= 11 is -8.35. The zero-order valence-electron chi connectivity index (χ0n) is 32.8. The molecule has 0 fully saturated rings. The topological polar surface area (TPSA) is 17.1 Å². The minimum absolute atomic E-state index is 0.00670. The van der Waals surface area contributed by atoms with Gasteiger partial charge in [0.2, 0.25) is 0 Å². The number of hydrogen-bond acceptors (Lipinski definition) is 1. The summed E-state index contributed by atoms with van der Waals surface area (Å²) in [4.78, 5) is 11.4. The third-order valence-corrected chi connectivity index (χ3v) is 25.1. The molecule has 1 rings (SSSR count). The molecular weight excluding hydrogens is 1250 g/mol. The van der Waals surface area contributed by atoms with Crippen LogP contribution in [0.1, 0.15) is 29.6 Å². The first kappa shape index (κ1) is 67.0. The van der Waals surface area contributed by atoms with E-state index < -0.39 is 174 Å². The van der Waals surface area contributed by atoms with E-state index in [2.05, 4.69) is 0 Å². The second-order valence-corrected chi connectivity index (χ2v) is 28.3. The van der Waals surface area contributed by atoms with Gasteiger partial charge in [-0.05, 0) is 0 Å². The molecule has 424 valence electrons. The molecule has 72 heavy (non-hydrogen) atoms. The van der Waals surface area contributed by atoms with Gasteiger partial charge < -0.3 is 0 Å². The van der Waals surface area contributed by atoms with Gasteiger partial charge in [-0.25, -0.2) is 0 Å². The second kappa shape index (κ2) is 18.6. The molecule has 0 aliphatic rings. The molecule has 0 bridgehead atoms. The van der Waals surface area contributed by atoms with E-state index in [1.807, 2.05) is 0 Å². The van der Waals surface area contributed by atoms with Crippen LogP contribution in [0.4, 0.5) is 171 Å². The van der Waals surface area contributed by atoms with E-state index in [0.29, 0.717) is 0 Å². The van der Waals surface area contributed by atoms with Crippen LogP contribution in [0.5, 0.6) is 0 Å². The number of halogens is 39. The summed E-state index contributed by atoms with van der Waals surface area (Å²) in [5.41, 5.74) is -1.39. The molecule has 41 heteroatoms. The van der Waals surface area contributed by atoms with Crippen molar-refractivity contribution < 1.29 is 176 Å². The molecule has 0 atom stereocenters. The molecule has 1 aromatic rings. The molecular formula is C31H17F39OSn. The molecule has 0 aromatic heterocycles. The summed E-state index contributed by atoms with van der Waals surface area (Å²) in [5.74, 6) is -128. The summed E-state index contributed by atoms with van der Waals surface area (Å²) in [6.45, 7) is 0. The summed E-state index contributed by atoms with van der Waals surface area (Å²) in [5, 5.41) is 0. The van der Waals surface area contributed by atoms with E-state index in [-0.39, 0.29) is 24.3 Å². The first-order valence-electron chi connectivity index (χ1n) is 17.3. The molecule has 0 aliphatic heterocycles. The summed E-state index contributed by atoms with van der Waals surface area (Å²) < 4.78 is 529. The zero-order chi connectivity index (χ0) is 58.4. The Labute approximate surface area is 374 Å². The third kappa shape index (κ3) is 9.97. The first-order chi connectivity index (χ1) is 30.9. The van der Waals surface area contributed by atoms with Gasteiger partial charge in [0.1, 0.15) is 0 Å². The van der Waals surface area contributed by atoms with Crippen molar-refractivity contribution in [3.8, 4) is 0 Å². The van der Waals surface area contributed by atoms with Gasteiger partial charge in [-0.2, -0.15) is 0 Å². The van der Waals surface area contributed by atoms with Gasteiger partial charge in [-0.15, -0.1) is 0 Å². The fourth-order valence-electron chi connectivity index (χ4n) is 5.82. The van der Waals surface area contributed by atoms with E-state index in [0.717, 1.165) is 0 Å². The molecule has 0 unspecified atom stereocenters. The van der Waals surface area contributed by atoms with E-state index in [1.54, 1.807) is 0 Å². The Balaban J connectivity index is 4.51. The maximum atomic E-state index is 15.1. The number of hydrogen-bond donors (Lipinski definition) is 0. The van der Waals surface area contributed by atoms with Gasteiger partial charge in [-0.1, -0.05) is 0 Å². The van der Waals surface area contributed by atoms with Crippen molar-refractivity contribution in [1.29, 1.82) is 0 Å². The normalized spacial score (nSPS) is 16.4. The number of rotatable bonds is 23. The Morgan fingerprint density at radius 2 is 0.514 bits per heavy atom. The van der Waals surface area contributed by atoms with E-state index in [9.17, 15) is 150 Å². The van der Waals surface area contributed by atoms with Crippen molar-refractivity contribution in [3.63, 3.8) is 0 Å². The molecule has 0 N–H and O–H groups in total. The fraction of sp³-hybridized carbons (Fsp3) is 0.774. The molecule has 1 aromatic carbocycles. The first-order valence-corrected chi connectivity index (χ1v) is 24.8. The Kier molecular flexibility index (Phi) is 17.3. The Bertz CT molecular complexity index is 1870. The van der Waals surface area contributed by atoms with Crippen LogP contribution in [0, 0.1) is 0 Å². The zero-order valence-corrected chi connectivity index (χ0v) is 35.6. The van der Waals surface area contributed by atoms with Crippen LogP contribution in [0.15, 0.2) is 24.3 Å². The number of aldehydes is 1. The van der Waals surface area contributed by atoms with E-state index in [1.165, 1.54) is 0 Å². The summed E-state index contributed by atoms with van der Waals surface area (Å²) in [7, 11) is 0. The van der Waals surface area contributed by atoms with Gasteiger partial charge in [0.05, 0.1) is 0 Å². The van der Waals surface area contributed by atoms with Crippen molar-refractivity contribution in [2.24, 2.45) is 0 Å². The molecule has 0 amide bonds. The van der Waals surface area contributed by atoms with Crippen LogP contribution in [-0.2, 0) is 0 Å². The van der Waals surface area contributed by atoms with Crippen molar-refractivity contribution >= 4 is 28.2 Å². The molecule has 0 heterocycles.